The Hall–Kier alpha value is -1.06. The molecule has 0 rings (SSSR count). The highest BCUT2D eigenvalue weighted by Gasteiger charge is 2.03. The predicted octanol–water partition coefficient (Wildman–Crippen LogP) is 0.279. The van der Waals surface area contributed by atoms with Gasteiger partial charge in [0.2, 0.25) is 0 Å². The minimum absolute atomic E-state index is 0.216. The van der Waals surface area contributed by atoms with Gasteiger partial charge in [-0.25, -0.2) is 4.79 Å². The largest absolute Gasteiger partial charge is 0.414 e. The van der Waals surface area contributed by atoms with Crippen LogP contribution in [0.4, 0.5) is 4.79 Å². The summed E-state index contributed by atoms with van der Waals surface area (Å²) < 4.78 is 4.16. The minimum Gasteiger partial charge on any atom is -0.376 e. The lowest BCUT2D eigenvalue weighted by Gasteiger charge is -1.96. The standard InChI is InChI=1S/C5H9NO3/c1-3-4(7)9-5(8)6-2/h3H2,1-2H3,(H,6,8). The van der Waals surface area contributed by atoms with E-state index in [1.165, 1.54) is 7.05 Å². The van der Waals surface area contributed by atoms with Crippen LogP contribution in [0.15, 0.2) is 0 Å². The number of nitrogens with one attached hydrogen (secondary N) is 1. The van der Waals surface area contributed by atoms with Crippen LogP contribution < -0.4 is 5.32 Å². The van der Waals surface area contributed by atoms with Gasteiger partial charge in [0.15, 0.2) is 0 Å². The van der Waals surface area contributed by atoms with Crippen molar-refractivity contribution in [1.29, 1.82) is 0 Å². The van der Waals surface area contributed by atoms with Crippen molar-refractivity contribution in [3.8, 4) is 0 Å². The molecule has 0 saturated carbocycles. The highest BCUT2D eigenvalue weighted by atomic mass is 16.6. The van der Waals surface area contributed by atoms with E-state index < -0.39 is 12.1 Å². The molecule has 0 bridgehead atoms. The molecule has 1 amide bonds. The van der Waals surface area contributed by atoms with Crippen LogP contribution in [0.2, 0.25) is 0 Å². The number of hydrogen-bond acceptors (Lipinski definition) is 3. The molecule has 0 aliphatic rings. The van der Waals surface area contributed by atoms with Gasteiger partial charge >= 0.3 is 12.1 Å². The smallest absolute Gasteiger partial charge is 0.376 e. The van der Waals surface area contributed by atoms with Crippen LogP contribution in [0.3, 0.4) is 0 Å². The van der Waals surface area contributed by atoms with Crippen molar-refractivity contribution in [2.45, 2.75) is 13.3 Å². The van der Waals surface area contributed by atoms with Gasteiger partial charge in [0.1, 0.15) is 0 Å². The lowest BCUT2D eigenvalue weighted by atomic mass is 10.5. The van der Waals surface area contributed by atoms with Crippen molar-refractivity contribution in [2.75, 3.05) is 7.05 Å². The molecule has 0 radical (unpaired) electrons. The van der Waals surface area contributed by atoms with E-state index in [1.807, 2.05) is 0 Å². The second kappa shape index (κ2) is 3.88. The molecule has 1 N–H and O–H groups in total. The summed E-state index contributed by atoms with van der Waals surface area (Å²) in [7, 11) is 1.39. The van der Waals surface area contributed by atoms with E-state index in [-0.39, 0.29) is 6.42 Å². The average molecular weight is 131 g/mol. The molecule has 0 atom stereocenters. The average Bonchev–Trinajstić information content (AvgIpc) is 1.87. The molecular weight excluding hydrogens is 122 g/mol. The zero-order chi connectivity index (χ0) is 7.28. The summed E-state index contributed by atoms with van der Waals surface area (Å²) in [5.74, 6) is -0.519. The Morgan fingerprint density at radius 3 is 2.44 bits per heavy atom. The number of esters is 1. The molecule has 0 aliphatic heterocycles. The summed E-state index contributed by atoms with van der Waals surface area (Å²) in [6.45, 7) is 1.62. The van der Waals surface area contributed by atoms with E-state index in [0.717, 1.165) is 0 Å². The maximum Gasteiger partial charge on any atom is 0.414 e. The summed E-state index contributed by atoms with van der Waals surface area (Å²) in [6.07, 6.45) is -0.491. The molecule has 4 heteroatoms. The van der Waals surface area contributed by atoms with Gasteiger partial charge in [-0.1, -0.05) is 6.92 Å². The molecule has 4 nitrogen and oxygen atoms in total. The molecule has 0 aromatic heterocycles. The first-order chi connectivity index (χ1) is 4.20. The summed E-state index contributed by atoms with van der Waals surface area (Å²) in [5.41, 5.74) is 0. The lowest BCUT2D eigenvalue weighted by molar-refractivity contribution is -0.136. The molecule has 9 heavy (non-hydrogen) atoms. The van der Waals surface area contributed by atoms with Crippen molar-refractivity contribution in [3.05, 3.63) is 0 Å². The normalized spacial score (nSPS) is 8.22. The lowest BCUT2D eigenvalue weighted by Crippen LogP contribution is -2.22. The van der Waals surface area contributed by atoms with E-state index in [2.05, 4.69) is 10.1 Å². The topological polar surface area (TPSA) is 55.4 Å². The summed E-state index contributed by atoms with van der Waals surface area (Å²) >= 11 is 0. The first-order valence-electron chi connectivity index (χ1n) is 2.63. The maximum absolute atomic E-state index is 10.3. The van der Waals surface area contributed by atoms with Crippen molar-refractivity contribution < 1.29 is 14.3 Å². The second-order valence-electron chi connectivity index (χ2n) is 1.37. The minimum atomic E-state index is -0.707. The van der Waals surface area contributed by atoms with Crippen LogP contribution in [-0.2, 0) is 9.53 Å². The van der Waals surface area contributed by atoms with Crippen molar-refractivity contribution in [3.63, 3.8) is 0 Å². The van der Waals surface area contributed by atoms with Crippen molar-refractivity contribution in [1.82, 2.24) is 5.32 Å². The van der Waals surface area contributed by atoms with E-state index in [1.54, 1.807) is 6.92 Å². The molecule has 0 heterocycles. The monoisotopic (exact) mass is 131 g/mol. The van der Waals surface area contributed by atoms with Crippen LogP contribution in [0, 0.1) is 0 Å². The number of hydrogen-bond donors (Lipinski definition) is 1. The third-order valence-electron chi connectivity index (χ3n) is 0.699. The fraction of sp³-hybridized carbons (Fsp3) is 0.600. The van der Waals surface area contributed by atoms with Crippen LogP contribution in [0.1, 0.15) is 13.3 Å². The molecule has 0 unspecified atom stereocenters. The van der Waals surface area contributed by atoms with Gasteiger partial charge in [0, 0.05) is 13.5 Å². The number of amides is 1. The number of carbonyl (C=O) groups is 2. The zero-order valence-corrected chi connectivity index (χ0v) is 5.43. The number of carbonyl (C=O) groups excluding carboxylic acids is 2. The molecule has 0 saturated heterocycles. The van der Waals surface area contributed by atoms with Gasteiger partial charge in [-0.3, -0.25) is 4.79 Å². The first kappa shape index (κ1) is 7.94. The van der Waals surface area contributed by atoms with Gasteiger partial charge in [0.25, 0.3) is 0 Å². The van der Waals surface area contributed by atoms with Gasteiger partial charge in [-0.05, 0) is 0 Å². The summed E-state index contributed by atoms with van der Waals surface area (Å²) in [6, 6.07) is 0. The Kier molecular flexibility index (Phi) is 3.43. The number of rotatable bonds is 1. The fourth-order valence-electron chi connectivity index (χ4n) is 0.227. The van der Waals surface area contributed by atoms with Crippen LogP contribution >= 0.6 is 0 Å². The molecule has 0 spiro atoms. The zero-order valence-electron chi connectivity index (χ0n) is 5.43. The Morgan fingerprint density at radius 1 is 1.56 bits per heavy atom. The highest BCUT2D eigenvalue weighted by molar-refractivity contribution is 5.83. The van der Waals surface area contributed by atoms with E-state index >= 15 is 0 Å². The molecule has 0 aromatic rings. The first-order valence-corrected chi connectivity index (χ1v) is 2.63. The molecule has 52 valence electrons. The van der Waals surface area contributed by atoms with Gasteiger partial charge in [-0.2, -0.15) is 0 Å². The van der Waals surface area contributed by atoms with Gasteiger partial charge in [-0.15, -0.1) is 0 Å². The molecular formula is C5H9NO3. The van der Waals surface area contributed by atoms with E-state index in [0.29, 0.717) is 0 Å². The van der Waals surface area contributed by atoms with Crippen molar-refractivity contribution >= 4 is 12.1 Å². The highest BCUT2D eigenvalue weighted by Crippen LogP contribution is 1.83. The SMILES string of the molecule is CCC(=O)OC(=O)NC. The van der Waals surface area contributed by atoms with Gasteiger partial charge in [0.05, 0.1) is 0 Å². The quantitative estimate of drug-likeness (QED) is 0.410. The summed E-state index contributed by atoms with van der Waals surface area (Å²) in [5, 5.41) is 2.15. The van der Waals surface area contributed by atoms with E-state index in [4.69, 9.17) is 0 Å². The second-order valence-corrected chi connectivity index (χ2v) is 1.37. The maximum atomic E-state index is 10.3. The van der Waals surface area contributed by atoms with E-state index in [9.17, 15) is 9.59 Å². The Bertz CT molecular complexity index is 107. The molecule has 0 aromatic carbocycles. The predicted molar refractivity (Wildman–Crippen MR) is 30.8 cm³/mol. The van der Waals surface area contributed by atoms with Crippen LogP contribution in [-0.4, -0.2) is 19.1 Å². The third-order valence-corrected chi connectivity index (χ3v) is 0.699. The Labute approximate surface area is 53.2 Å². The third kappa shape index (κ3) is 3.52. The van der Waals surface area contributed by atoms with Crippen LogP contribution in [0.5, 0.6) is 0 Å². The Morgan fingerprint density at radius 2 is 2.11 bits per heavy atom. The number of ether oxygens (including phenoxy) is 1. The number of alkyl carbamates (subject to hydrolysis) is 1. The van der Waals surface area contributed by atoms with Crippen molar-refractivity contribution in [2.24, 2.45) is 0 Å². The Balaban J connectivity index is 3.47. The van der Waals surface area contributed by atoms with Crippen LogP contribution in [0.25, 0.3) is 0 Å². The molecule has 0 fully saturated rings. The van der Waals surface area contributed by atoms with Gasteiger partial charge < -0.3 is 10.1 Å². The summed E-state index contributed by atoms with van der Waals surface area (Å²) in [4.78, 5) is 20.5. The molecule has 0 aliphatic carbocycles. The fourth-order valence-corrected chi connectivity index (χ4v) is 0.227.